The van der Waals surface area contributed by atoms with Gasteiger partial charge in [0, 0.05) is 18.5 Å². The van der Waals surface area contributed by atoms with Gasteiger partial charge in [0.15, 0.2) is 9.84 Å². The molecule has 1 aliphatic heterocycles. The first-order valence-electron chi connectivity index (χ1n) is 9.08. The molecule has 0 bridgehead atoms. The molecule has 6 nitrogen and oxygen atoms in total. The van der Waals surface area contributed by atoms with Crippen molar-refractivity contribution in [1.29, 1.82) is 0 Å². The second-order valence-corrected chi connectivity index (χ2v) is 9.06. The molecule has 0 radical (unpaired) electrons. The van der Waals surface area contributed by atoms with E-state index in [0.717, 1.165) is 0 Å². The Hall–Kier alpha value is -2.93. The standard InChI is InChI=1S/C21H19NO5S/c23-20(18-14-15-6-4-5-9-19(15)27-21(18)24)22-12-10-17(11-13-22)28(25,26)16-7-2-1-3-8-16/h1-9,14,17H,10-13H2. The Bertz CT molecular complexity index is 1180. The molecule has 0 N–H and O–H groups in total. The Labute approximate surface area is 162 Å². The van der Waals surface area contributed by atoms with Gasteiger partial charge in [0.05, 0.1) is 10.1 Å². The van der Waals surface area contributed by atoms with E-state index in [1.54, 1.807) is 54.6 Å². The van der Waals surface area contributed by atoms with Crippen LogP contribution in [0.5, 0.6) is 0 Å². The van der Waals surface area contributed by atoms with Crippen LogP contribution >= 0.6 is 0 Å². The summed E-state index contributed by atoms with van der Waals surface area (Å²) >= 11 is 0. The first kappa shape index (κ1) is 18.4. The van der Waals surface area contributed by atoms with Crippen molar-refractivity contribution in [3.05, 3.63) is 76.6 Å². The smallest absolute Gasteiger partial charge is 0.349 e. The molecule has 1 aliphatic rings. The number of benzene rings is 2. The van der Waals surface area contributed by atoms with Gasteiger partial charge < -0.3 is 9.32 Å². The van der Waals surface area contributed by atoms with E-state index < -0.39 is 26.6 Å². The molecule has 0 saturated carbocycles. The maximum absolute atomic E-state index is 12.8. The molecule has 144 valence electrons. The highest BCUT2D eigenvalue weighted by Gasteiger charge is 2.33. The first-order chi connectivity index (χ1) is 13.5. The zero-order valence-corrected chi connectivity index (χ0v) is 15.9. The molecule has 0 spiro atoms. The molecular weight excluding hydrogens is 378 g/mol. The average Bonchev–Trinajstić information content (AvgIpc) is 2.73. The Balaban J connectivity index is 1.52. The van der Waals surface area contributed by atoms with E-state index in [1.807, 2.05) is 0 Å². The van der Waals surface area contributed by atoms with Crippen LogP contribution in [0, 0.1) is 0 Å². The van der Waals surface area contributed by atoms with Crippen molar-refractivity contribution >= 4 is 26.7 Å². The lowest BCUT2D eigenvalue weighted by Crippen LogP contribution is -2.43. The van der Waals surface area contributed by atoms with Crippen molar-refractivity contribution in [2.45, 2.75) is 23.0 Å². The van der Waals surface area contributed by atoms with E-state index in [-0.39, 0.29) is 18.7 Å². The first-order valence-corrected chi connectivity index (χ1v) is 10.6. The Kier molecular flexibility index (Phi) is 4.77. The van der Waals surface area contributed by atoms with Crippen molar-refractivity contribution in [3.63, 3.8) is 0 Å². The second kappa shape index (κ2) is 7.24. The summed E-state index contributed by atoms with van der Waals surface area (Å²) in [6, 6.07) is 16.9. The van der Waals surface area contributed by atoms with Gasteiger partial charge in [0.2, 0.25) is 0 Å². The summed E-state index contributed by atoms with van der Waals surface area (Å²) in [4.78, 5) is 26.8. The van der Waals surface area contributed by atoms with Gasteiger partial charge in [-0.05, 0) is 37.1 Å². The lowest BCUT2D eigenvalue weighted by atomic mass is 10.1. The summed E-state index contributed by atoms with van der Waals surface area (Å²) < 4.78 is 30.8. The Morgan fingerprint density at radius 3 is 2.32 bits per heavy atom. The van der Waals surface area contributed by atoms with E-state index in [4.69, 9.17) is 4.42 Å². The van der Waals surface area contributed by atoms with Gasteiger partial charge >= 0.3 is 5.63 Å². The van der Waals surface area contributed by atoms with Crippen LogP contribution in [0.25, 0.3) is 11.0 Å². The fraction of sp³-hybridized carbons (Fsp3) is 0.238. The van der Waals surface area contributed by atoms with Crippen molar-refractivity contribution in [2.24, 2.45) is 0 Å². The van der Waals surface area contributed by atoms with Crippen LogP contribution in [0.1, 0.15) is 23.2 Å². The average molecular weight is 397 g/mol. The molecule has 2 heterocycles. The molecule has 1 amide bonds. The third kappa shape index (κ3) is 3.33. The van der Waals surface area contributed by atoms with Crippen LogP contribution in [0.4, 0.5) is 0 Å². The number of hydrogen-bond donors (Lipinski definition) is 0. The van der Waals surface area contributed by atoms with Crippen molar-refractivity contribution in [3.8, 4) is 0 Å². The van der Waals surface area contributed by atoms with Gasteiger partial charge in [-0.1, -0.05) is 36.4 Å². The number of fused-ring (bicyclic) bond motifs is 1. The van der Waals surface area contributed by atoms with Gasteiger partial charge in [0.1, 0.15) is 11.1 Å². The van der Waals surface area contributed by atoms with Crippen molar-refractivity contribution in [1.82, 2.24) is 4.90 Å². The van der Waals surface area contributed by atoms with Crippen LogP contribution in [0.15, 0.2) is 74.8 Å². The highest BCUT2D eigenvalue weighted by atomic mass is 32.2. The van der Waals surface area contributed by atoms with E-state index >= 15 is 0 Å². The van der Waals surface area contributed by atoms with Crippen molar-refractivity contribution < 1.29 is 17.6 Å². The fourth-order valence-corrected chi connectivity index (χ4v) is 5.31. The van der Waals surface area contributed by atoms with Gasteiger partial charge in [-0.3, -0.25) is 4.79 Å². The molecule has 3 aromatic rings. The number of likely N-dealkylation sites (tertiary alicyclic amines) is 1. The fourth-order valence-electron chi connectivity index (χ4n) is 3.55. The second-order valence-electron chi connectivity index (χ2n) is 6.83. The summed E-state index contributed by atoms with van der Waals surface area (Å²) in [6.07, 6.45) is 0.670. The van der Waals surface area contributed by atoms with E-state index in [2.05, 4.69) is 0 Å². The number of rotatable bonds is 3. The molecule has 0 unspecified atom stereocenters. The largest absolute Gasteiger partial charge is 0.422 e. The quantitative estimate of drug-likeness (QED) is 0.635. The predicted molar refractivity (Wildman–Crippen MR) is 105 cm³/mol. The molecule has 2 aromatic carbocycles. The summed E-state index contributed by atoms with van der Waals surface area (Å²) in [5.74, 6) is -0.421. The van der Waals surface area contributed by atoms with Gasteiger partial charge in [0.25, 0.3) is 5.91 Å². The topological polar surface area (TPSA) is 84.7 Å². The number of sulfone groups is 1. The number of carbonyl (C=O) groups is 1. The number of para-hydroxylation sites is 1. The third-order valence-corrected chi connectivity index (χ3v) is 7.39. The maximum Gasteiger partial charge on any atom is 0.349 e. The zero-order chi connectivity index (χ0) is 19.7. The number of nitrogens with zero attached hydrogens (tertiary/aromatic N) is 1. The number of amides is 1. The minimum Gasteiger partial charge on any atom is -0.422 e. The van der Waals surface area contributed by atoms with E-state index in [9.17, 15) is 18.0 Å². The number of piperidine rings is 1. The normalized spacial score (nSPS) is 15.6. The van der Waals surface area contributed by atoms with Gasteiger partial charge in [-0.2, -0.15) is 0 Å². The van der Waals surface area contributed by atoms with Gasteiger partial charge in [-0.25, -0.2) is 13.2 Å². The van der Waals surface area contributed by atoms with E-state index in [1.165, 1.54) is 11.0 Å². The summed E-state index contributed by atoms with van der Waals surface area (Å²) in [5.41, 5.74) is -0.275. The van der Waals surface area contributed by atoms with Crippen LogP contribution in [-0.2, 0) is 9.84 Å². The molecule has 28 heavy (non-hydrogen) atoms. The van der Waals surface area contributed by atoms with Gasteiger partial charge in [-0.15, -0.1) is 0 Å². The highest BCUT2D eigenvalue weighted by Crippen LogP contribution is 2.25. The monoisotopic (exact) mass is 397 g/mol. The molecule has 4 rings (SSSR count). The zero-order valence-electron chi connectivity index (χ0n) is 15.1. The van der Waals surface area contributed by atoms with Crippen LogP contribution in [0.2, 0.25) is 0 Å². The molecule has 7 heteroatoms. The SMILES string of the molecule is O=C(c1cc2ccccc2oc1=O)N1CCC(S(=O)(=O)c2ccccc2)CC1. The summed E-state index contributed by atoms with van der Waals surface area (Å²) in [5, 5.41) is 0.138. The maximum atomic E-state index is 12.8. The molecular formula is C21H19NO5S. The Morgan fingerprint density at radius 2 is 1.61 bits per heavy atom. The minimum atomic E-state index is -3.43. The molecule has 1 saturated heterocycles. The number of carbonyl (C=O) groups excluding carboxylic acids is 1. The minimum absolute atomic E-state index is 0.0249. The third-order valence-electron chi connectivity index (χ3n) is 5.11. The number of hydrogen-bond acceptors (Lipinski definition) is 5. The van der Waals surface area contributed by atoms with Crippen LogP contribution < -0.4 is 5.63 Å². The lowest BCUT2D eigenvalue weighted by Gasteiger charge is -2.31. The van der Waals surface area contributed by atoms with Crippen LogP contribution in [0.3, 0.4) is 0 Å². The molecule has 1 aromatic heterocycles. The highest BCUT2D eigenvalue weighted by molar-refractivity contribution is 7.92. The summed E-state index contributed by atoms with van der Waals surface area (Å²) in [6.45, 7) is 0.559. The van der Waals surface area contributed by atoms with Crippen LogP contribution in [-0.4, -0.2) is 37.6 Å². The molecule has 0 aliphatic carbocycles. The predicted octanol–water partition coefficient (Wildman–Crippen LogP) is 2.87. The lowest BCUT2D eigenvalue weighted by molar-refractivity contribution is 0.0721. The molecule has 0 atom stereocenters. The van der Waals surface area contributed by atoms with E-state index in [0.29, 0.717) is 28.7 Å². The molecule has 1 fully saturated rings. The van der Waals surface area contributed by atoms with Crippen molar-refractivity contribution in [2.75, 3.05) is 13.1 Å². The summed E-state index contributed by atoms with van der Waals surface area (Å²) in [7, 11) is -3.43. The Morgan fingerprint density at radius 1 is 0.964 bits per heavy atom.